The van der Waals surface area contributed by atoms with Crippen molar-refractivity contribution in [2.75, 3.05) is 12.4 Å². The first-order chi connectivity index (χ1) is 14.1. The molecule has 3 rings (SSSR count). The Balaban J connectivity index is 1.65. The van der Waals surface area contributed by atoms with Crippen LogP contribution in [0.25, 0.3) is 0 Å². The van der Waals surface area contributed by atoms with Crippen molar-refractivity contribution in [2.24, 2.45) is 0 Å². The highest BCUT2D eigenvalue weighted by Gasteiger charge is 2.11. The molecule has 0 saturated heterocycles. The van der Waals surface area contributed by atoms with Crippen LogP contribution in [0.15, 0.2) is 72.8 Å². The number of carbonyl (C=O) groups is 2. The van der Waals surface area contributed by atoms with Crippen molar-refractivity contribution in [3.63, 3.8) is 0 Å². The molecule has 148 valence electrons. The zero-order chi connectivity index (χ0) is 20.6. The Morgan fingerprint density at radius 1 is 0.828 bits per heavy atom. The van der Waals surface area contributed by atoms with Gasteiger partial charge in [0.2, 0.25) is 0 Å². The van der Waals surface area contributed by atoms with E-state index in [-0.39, 0.29) is 11.8 Å². The van der Waals surface area contributed by atoms with E-state index in [4.69, 9.17) is 4.74 Å². The number of hydrogen-bond acceptors (Lipinski definition) is 3. The lowest BCUT2D eigenvalue weighted by molar-refractivity contribution is 0.0949. The minimum absolute atomic E-state index is 0.193. The van der Waals surface area contributed by atoms with Gasteiger partial charge in [0.25, 0.3) is 11.8 Å². The van der Waals surface area contributed by atoms with Crippen molar-refractivity contribution in [1.82, 2.24) is 5.32 Å². The molecule has 0 aliphatic heterocycles. The Kier molecular flexibility index (Phi) is 6.76. The van der Waals surface area contributed by atoms with Crippen molar-refractivity contribution in [2.45, 2.75) is 20.1 Å². The number of methoxy groups -OCH3 is 1. The fourth-order valence-corrected chi connectivity index (χ4v) is 2.89. The smallest absolute Gasteiger partial charge is 0.255 e. The molecule has 0 radical (unpaired) electrons. The number of benzene rings is 3. The molecule has 3 aromatic rings. The Bertz CT molecular complexity index is 983. The van der Waals surface area contributed by atoms with Crippen molar-refractivity contribution in [3.05, 3.63) is 101 Å². The van der Waals surface area contributed by atoms with Gasteiger partial charge < -0.3 is 15.4 Å². The second kappa shape index (κ2) is 9.66. The number of anilines is 1. The largest absolute Gasteiger partial charge is 0.380 e. The van der Waals surface area contributed by atoms with Gasteiger partial charge in [-0.15, -0.1) is 0 Å². The molecule has 0 unspecified atom stereocenters. The molecule has 0 aliphatic carbocycles. The number of amides is 2. The van der Waals surface area contributed by atoms with E-state index in [0.29, 0.717) is 30.0 Å². The molecule has 0 saturated carbocycles. The third-order valence-corrected chi connectivity index (χ3v) is 4.57. The quantitative estimate of drug-likeness (QED) is 0.633. The van der Waals surface area contributed by atoms with Crippen LogP contribution in [0.3, 0.4) is 0 Å². The van der Waals surface area contributed by atoms with Gasteiger partial charge in [0.05, 0.1) is 6.61 Å². The number of nitrogens with one attached hydrogen (secondary N) is 2. The molecule has 0 aromatic heterocycles. The molecular weight excluding hydrogens is 364 g/mol. The predicted molar refractivity (Wildman–Crippen MR) is 114 cm³/mol. The van der Waals surface area contributed by atoms with E-state index < -0.39 is 0 Å². The standard InChI is InChI=1S/C24H24N2O3/c1-17-8-13-21(14-22(17)26-24(28)20-6-4-3-5-7-20)23(27)25-15-18-9-11-19(12-10-18)16-29-2/h3-14H,15-16H2,1-2H3,(H,25,27)(H,26,28). The fourth-order valence-electron chi connectivity index (χ4n) is 2.89. The van der Waals surface area contributed by atoms with Gasteiger partial charge in [0, 0.05) is 30.5 Å². The molecule has 3 aromatic carbocycles. The van der Waals surface area contributed by atoms with Gasteiger partial charge in [-0.05, 0) is 47.9 Å². The van der Waals surface area contributed by atoms with E-state index in [1.165, 1.54) is 0 Å². The second-order valence-electron chi connectivity index (χ2n) is 6.78. The minimum atomic E-state index is -0.206. The molecule has 0 atom stereocenters. The summed E-state index contributed by atoms with van der Waals surface area (Å²) in [5.74, 6) is -0.399. The van der Waals surface area contributed by atoms with Gasteiger partial charge in [0.1, 0.15) is 0 Å². The molecule has 0 heterocycles. The molecule has 29 heavy (non-hydrogen) atoms. The molecule has 0 bridgehead atoms. The lowest BCUT2D eigenvalue weighted by atomic mass is 10.1. The normalized spacial score (nSPS) is 10.4. The summed E-state index contributed by atoms with van der Waals surface area (Å²) < 4.78 is 5.10. The van der Waals surface area contributed by atoms with Crippen molar-refractivity contribution in [1.29, 1.82) is 0 Å². The zero-order valence-corrected chi connectivity index (χ0v) is 16.6. The lowest BCUT2D eigenvalue weighted by Crippen LogP contribution is -2.23. The average molecular weight is 388 g/mol. The van der Waals surface area contributed by atoms with Crippen LogP contribution >= 0.6 is 0 Å². The van der Waals surface area contributed by atoms with Crippen molar-refractivity contribution >= 4 is 17.5 Å². The van der Waals surface area contributed by atoms with E-state index in [0.717, 1.165) is 16.7 Å². The Hall–Kier alpha value is -3.44. The Labute approximate surface area is 170 Å². The number of hydrogen-bond donors (Lipinski definition) is 2. The lowest BCUT2D eigenvalue weighted by Gasteiger charge is -2.11. The number of rotatable bonds is 7. The molecule has 2 amide bonds. The first-order valence-corrected chi connectivity index (χ1v) is 9.39. The van der Waals surface area contributed by atoms with Gasteiger partial charge in [0.15, 0.2) is 0 Å². The number of aryl methyl sites for hydroxylation is 1. The molecule has 0 aliphatic rings. The minimum Gasteiger partial charge on any atom is -0.380 e. The SMILES string of the molecule is COCc1ccc(CNC(=O)c2ccc(C)c(NC(=O)c3ccccc3)c2)cc1. The maximum atomic E-state index is 12.6. The van der Waals surface area contributed by atoms with E-state index in [9.17, 15) is 9.59 Å². The van der Waals surface area contributed by atoms with E-state index >= 15 is 0 Å². The topological polar surface area (TPSA) is 67.4 Å². The maximum Gasteiger partial charge on any atom is 0.255 e. The highest BCUT2D eigenvalue weighted by Crippen LogP contribution is 2.18. The summed E-state index contributed by atoms with van der Waals surface area (Å²) in [7, 11) is 1.66. The van der Waals surface area contributed by atoms with Crippen LogP contribution in [0.4, 0.5) is 5.69 Å². The molecule has 2 N–H and O–H groups in total. The summed E-state index contributed by atoms with van der Waals surface area (Å²) in [6, 6.07) is 22.2. The van der Waals surface area contributed by atoms with Crippen molar-refractivity contribution < 1.29 is 14.3 Å². The Morgan fingerprint density at radius 2 is 1.52 bits per heavy atom. The fraction of sp³-hybridized carbons (Fsp3) is 0.167. The van der Waals surface area contributed by atoms with Crippen LogP contribution in [-0.2, 0) is 17.9 Å². The highest BCUT2D eigenvalue weighted by atomic mass is 16.5. The van der Waals surface area contributed by atoms with Gasteiger partial charge >= 0.3 is 0 Å². The molecule has 0 spiro atoms. The highest BCUT2D eigenvalue weighted by molar-refractivity contribution is 6.05. The molecule has 5 heteroatoms. The molecular formula is C24H24N2O3. The van der Waals surface area contributed by atoms with Crippen LogP contribution in [0.1, 0.15) is 37.4 Å². The van der Waals surface area contributed by atoms with Crippen LogP contribution in [0.5, 0.6) is 0 Å². The van der Waals surface area contributed by atoms with Gasteiger partial charge in [-0.25, -0.2) is 0 Å². The van der Waals surface area contributed by atoms with Gasteiger partial charge in [-0.3, -0.25) is 9.59 Å². The summed E-state index contributed by atoms with van der Waals surface area (Å²) in [6.45, 7) is 2.88. The van der Waals surface area contributed by atoms with E-state index in [1.807, 2.05) is 55.5 Å². The molecule has 0 fully saturated rings. The van der Waals surface area contributed by atoms with Crippen LogP contribution < -0.4 is 10.6 Å². The second-order valence-corrected chi connectivity index (χ2v) is 6.78. The third-order valence-electron chi connectivity index (χ3n) is 4.57. The van der Waals surface area contributed by atoms with Gasteiger partial charge in [-0.2, -0.15) is 0 Å². The van der Waals surface area contributed by atoms with Gasteiger partial charge in [-0.1, -0.05) is 48.5 Å². The summed E-state index contributed by atoms with van der Waals surface area (Å²) in [5.41, 5.74) is 4.66. The molecule has 5 nitrogen and oxygen atoms in total. The first-order valence-electron chi connectivity index (χ1n) is 9.39. The summed E-state index contributed by atoms with van der Waals surface area (Å²) in [4.78, 5) is 25.0. The summed E-state index contributed by atoms with van der Waals surface area (Å²) in [5, 5.41) is 5.80. The monoisotopic (exact) mass is 388 g/mol. The first kappa shape index (κ1) is 20.3. The maximum absolute atomic E-state index is 12.6. The zero-order valence-electron chi connectivity index (χ0n) is 16.6. The Morgan fingerprint density at radius 3 is 2.21 bits per heavy atom. The number of carbonyl (C=O) groups excluding carboxylic acids is 2. The van der Waals surface area contributed by atoms with Crippen LogP contribution in [0.2, 0.25) is 0 Å². The van der Waals surface area contributed by atoms with E-state index in [2.05, 4.69) is 10.6 Å². The van der Waals surface area contributed by atoms with Crippen LogP contribution in [0, 0.1) is 6.92 Å². The van der Waals surface area contributed by atoms with Crippen LogP contribution in [-0.4, -0.2) is 18.9 Å². The summed E-state index contributed by atoms with van der Waals surface area (Å²) in [6.07, 6.45) is 0. The predicted octanol–water partition coefficient (Wildman–Crippen LogP) is 4.32. The van der Waals surface area contributed by atoms with Crippen molar-refractivity contribution in [3.8, 4) is 0 Å². The van der Waals surface area contributed by atoms with E-state index in [1.54, 1.807) is 31.4 Å². The third kappa shape index (κ3) is 5.53. The number of ether oxygens (including phenoxy) is 1. The average Bonchev–Trinajstić information content (AvgIpc) is 2.75. The summed E-state index contributed by atoms with van der Waals surface area (Å²) >= 11 is 0.